The molecule has 7 heteroatoms. The predicted octanol–water partition coefficient (Wildman–Crippen LogP) is 3.62. The summed E-state index contributed by atoms with van der Waals surface area (Å²) in [6.07, 6.45) is 1.35. The molecule has 0 spiro atoms. The quantitative estimate of drug-likeness (QED) is 0.843. The average molecular weight is 342 g/mol. The minimum atomic E-state index is -0.692. The zero-order valence-corrected chi connectivity index (χ0v) is 13.1. The fraction of sp³-hybridized carbons (Fsp3) is 0.200. The van der Waals surface area contributed by atoms with E-state index in [9.17, 15) is 9.59 Å². The van der Waals surface area contributed by atoms with Gasteiger partial charge in [0.05, 0.1) is 22.4 Å². The highest BCUT2D eigenvalue weighted by Crippen LogP contribution is 2.25. The summed E-state index contributed by atoms with van der Waals surface area (Å²) in [5, 5.41) is 3.54. The number of nitrogens with one attached hydrogen (secondary N) is 1. The number of ether oxygens (including phenoxy) is 1. The number of esters is 1. The molecule has 1 heterocycles. The van der Waals surface area contributed by atoms with Crippen LogP contribution in [0.4, 0.5) is 0 Å². The van der Waals surface area contributed by atoms with Crippen molar-refractivity contribution >= 4 is 35.1 Å². The molecule has 1 amide bonds. The topological polar surface area (TPSA) is 68.5 Å². The van der Waals surface area contributed by atoms with Gasteiger partial charge in [-0.15, -0.1) is 0 Å². The van der Waals surface area contributed by atoms with Crippen LogP contribution in [0, 0.1) is 0 Å². The lowest BCUT2D eigenvalue weighted by Crippen LogP contribution is -2.31. The smallest absolute Gasteiger partial charge is 0.374 e. The van der Waals surface area contributed by atoms with Gasteiger partial charge >= 0.3 is 5.97 Å². The number of halogens is 2. The summed E-state index contributed by atoms with van der Waals surface area (Å²) in [5.41, 5.74) is 0.792. The summed E-state index contributed by atoms with van der Waals surface area (Å²) in [6, 6.07) is 7.79. The second-order valence-corrected chi connectivity index (χ2v) is 5.33. The molecule has 2 rings (SSSR count). The molecule has 1 aromatic carbocycles. The molecule has 5 nitrogen and oxygen atoms in total. The van der Waals surface area contributed by atoms with E-state index in [0.29, 0.717) is 10.0 Å². The van der Waals surface area contributed by atoms with Crippen molar-refractivity contribution < 1.29 is 18.7 Å². The highest BCUT2D eigenvalue weighted by Gasteiger charge is 2.15. The first-order valence-corrected chi connectivity index (χ1v) is 7.18. The van der Waals surface area contributed by atoms with Crippen LogP contribution in [0.2, 0.25) is 10.0 Å². The number of hydrogen-bond acceptors (Lipinski definition) is 4. The lowest BCUT2D eigenvalue weighted by Gasteiger charge is -2.15. The van der Waals surface area contributed by atoms with Crippen molar-refractivity contribution in [2.45, 2.75) is 13.0 Å². The van der Waals surface area contributed by atoms with Gasteiger partial charge in [-0.1, -0.05) is 29.3 Å². The number of rotatable bonds is 5. The molecule has 22 heavy (non-hydrogen) atoms. The molecule has 0 fully saturated rings. The lowest BCUT2D eigenvalue weighted by atomic mass is 10.1. The first kappa shape index (κ1) is 16.4. The highest BCUT2D eigenvalue weighted by atomic mass is 35.5. The average Bonchev–Trinajstić information content (AvgIpc) is 3.02. The summed E-state index contributed by atoms with van der Waals surface area (Å²) in [5.74, 6) is -1.08. The minimum Gasteiger partial charge on any atom is -0.457 e. The summed E-state index contributed by atoms with van der Waals surface area (Å²) >= 11 is 11.8. The molecule has 0 saturated heterocycles. The second kappa shape index (κ2) is 7.33. The van der Waals surface area contributed by atoms with E-state index >= 15 is 0 Å². The van der Waals surface area contributed by atoms with Crippen molar-refractivity contribution in [3.05, 3.63) is 58.0 Å². The second-order valence-electron chi connectivity index (χ2n) is 4.52. The Morgan fingerprint density at radius 3 is 2.68 bits per heavy atom. The molecule has 0 bridgehead atoms. The van der Waals surface area contributed by atoms with E-state index in [1.54, 1.807) is 31.2 Å². The Labute approximate surface area is 137 Å². The molecule has 1 N–H and O–H groups in total. The number of carbonyl (C=O) groups is 2. The van der Waals surface area contributed by atoms with Crippen LogP contribution in [0.15, 0.2) is 41.0 Å². The number of benzene rings is 1. The normalized spacial score (nSPS) is 11.8. The van der Waals surface area contributed by atoms with Gasteiger partial charge in [-0.25, -0.2) is 4.79 Å². The van der Waals surface area contributed by atoms with Gasteiger partial charge in [0.1, 0.15) is 0 Å². The van der Waals surface area contributed by atoms with Gasteiger partial charge in [0, 0.05) is 0 Å². The number of amides is 1. The fourth-order valence-electron chi connectivity index (χ4n) is 1.75. The fourth-order valence-corrected chi connectivity index (χ4v) is 2.05. The molecule has 0 aliphatic rings. The van der Waals surface area contributed by atoms with E-state index in [2.05, 4.69) is 5.32 Å². The van der Waals surface area contributed by atoms with Gasteiger partial charge in [-0.05, 0) is 36.8 Å². The molecule has 116 valence electrons. The first-order valence-electron chi connectivity index (χ1n) is 6.42. The van der Waals surface area contributed by atoms with Crippen LogP contribution in [-0.4, -0.2) is 18.5 Å². The Bertz CT molecular complexity index is 670. The van der Waals surface area contributed by atoms with E-state index in [4.69, 9.17) is 32.4 Å². The standard InChI is InChI=1S/C15H13Cl2NO4/c1-9(10-4-5-11(16)12(17)7-10)18-14(19)8-22-15(20)13-3-2-6-21-13/h2-7,9H,8H2,1H3,(H,18,19)/t9-/m0/s1. The molecule has 0 unspecified atom stereocenters. The summed E-state index contributed by atoms with van der Waals surface area (Å²) in [6.45, 7) is 1.39. The van der Waals surface area contributed by atoms with Gasteiger partial charge < -0.3 is 14.5 Å². The molecule has 1 atom stereocenters. The first-order chi connectivity index (χ1) is 10.5. The summed E-state index contributed by atoms with van der Waals surface area (Å²) < 4.78 is 9.70. The predicted molar refractivity (Wildman–Crippen MR) is 82.0 cm³/mol. The molecular weight excluding hydrogens is 329 g/mol. The molecule has 1 aromatic heterocycles. The third-order valence-corrected chi connectivity index (χ3v) is 3.62. The van der Waals surface area contributed by atoms with E-state index in [1.165, 1.54) is 12.3 Å². The van der Waals surface area contributed by atoms with Crippen LogP contribution in [0.1, 0.15) is 29.1 Å². The third-order valence-electron chi connectivity index (χ3n) is 2.88. The van der Waals surface area contributed by atoms with Crippen molar-refractivity contribution in [3.63, 3.8) is 0 Å². The number of carbonyl (C=O) groups excluding carboxylic acids is 2. The Morgan fingerprint density at radius 2 is 2.05 bits per heavy atom. The maximum Gasteiger partial charge on any atom is 0.374 e. The number of furan rings is 1. The Balaban J connectivity index is 1.86. The van der Waals surface area contributed by atoms with Crippen molar-refractivity contribution in [2.75, 3.05) is 6.61 Å². The summed E-state index contributed by atoms with van der Waals surface area (Å²) in [4.78, 5) is 23.3. The zero-order valence-electron chi connectivity index (χ0n) is 11.6. The Hall–Kier alpha value is -1.98. The van der Waals surface area contributed by atoms with Crippen LogP contribution in [0.3, 0.4) is 0 Å². The molecular formula is C15H13Cl2NO4. The van der Waals surface area contributed by atoms with Gasteiger partial charge in [0.25, 0.3) is 5.91 Å². The maximum atomic E-state index is 11.8. The Kier molecular flexibility index (Phi) is 5.46. The van der Waals surface area contributed by atoms with E-state index in [1.807, 2.05) is 0 Å². The van der Waals surface area contributed by atoms with Gasteiger partial charge in [0.2, 0.25) is 5.76 Å². The van der Waals surface area contributed by atoms with Crippen molar-refractivity contribution in [2.24, 2.45) is 0 Å². The van der Waals surface area contributed by atoms with E-state index < -0.39 is 18.5 Å². The molecule has 0 saturated carbocycles. The summed E-state index contributed by atoms with van der Waals surface area (Å²) in [7, 11) is 0. The monoisotopic (exact) mass is 341 g/mol. The largest absolute Gasteiger partial charge is 0.457 e. The zero-order chi connectivity index (χ0) is 16.1. The minimum absolute atomic E-state index is 0.0466. The van der Waals surface area contributed by atoms with Crippen molar-refractivity contribution in [1.29, 1.82) is 0 Å². The highest BCUT2D eigenvalue weighted by molar-refractivity contribution is 6.42. The SMILES string of the molecule is C[C@H](NC(=O)COC(=O)c1ccco1)c1ccc(Cl)c(Cl)c1. The number of hydrogen-bond donors (Lipinski definition) is 1. The van der Waals surface area contributed by atoms with Gasteiger partial charge in [-0.3, -0.25) is 4.79 Å². The lowest BCUT2D eigenvalue weighted by molar-refractivity contribution is -0.124. The molecule has 0 radical (unpaired) electrons. The van der Waals surface area contributed by atoms with Crippen LogP contribution < -0.4 is 5.32 Å². The van der Waals surface area contributed by atoms with E-state index in [-0.39, 0.29) is 11.8 Å². The molecule has 0 aliphatic carbocycles. The van der Waals surface area contributed by atoms with Crippen LogP contribution in [0.5, 0.6) is 0 Å². The third kappa shape index (κ3) is 4.26. The van der Waals surface area contributed by atoms with Gasteiger partial charge in [0.15, 0.2) is 6.61 Å². The van der Waals surface area contributed by atoms with Crippen LogP contribution in [0.25, 0.3) is 0 Å². The van der Waals surface area contributed by atoms with Crippen molar-refractivity contribution in [3.8, 4) is 0 Å². The molecule has 2 aromatic rings. The molecule has 0 aliphatic heterocycles. The maximum absolute atomic E-state index is 11.8. The van der Waals surface area contributed by atoms with Crippen molar-refractivity contribution in [1.82, 2.24) is 5.32 Å². The van der Waals surface area contributed by atoms with E-state index in [0.717, 1.165) is 5.56 Å². The van der Waals surface area contributed by atoms with Crippen LogP contribution >= 0.6 is 23.2 Å². The Morgan fingerprint density at radius 1 is 1.27 bits per heavy atom. The van der Waals surface area contributed by atoms with Crippen LogP contribution in [-0.2, 0) is 9.53 Å². The van der Waals surface area contributed by atoms with Gasteiger partial charge in [-0.2, -0.15) is 0 Å².